The maximum absolute atomic E-state index is 4.14. The summed E-state index contributed by atoms with van der Waals surface area (Å²) in [5.74, 6) is 0. The van der Waals surface area contributed by atoms with Gasteiger partial charge in [0, 0.05) is 25.0 Å². The molecule has 0 spiro atoms. The van der Waals surface area contributed by atoms with Crippen LogP contribution >= 0.6 is 0 Å². The molecule has 0 amide bonds. The molecule has 0 bridgehead atoms. The zero-order chi connectivity index (χ0) is 7.94. The summed E-state index contributed by atoms with van der Waals surface area (Å²) in [6.45, 7) is 3.62. The Balaban J connectivity index is 2.69. The maximum atomic E-state index is 4.14. The third-order valence-electron chi connectivity index (χ3n) is 1.19. The topological polar surface area (TPSA) is 24.7 Å². The summed E-state index contributed by atoms with van der Waals surface area (Å²) >= 11 is 0. The summed E-state index contributed by atoms with van der Waals surface area (Å²) in [5, 5.41) is 0. The van der Waals surface area contributed by atoms with E-state index >= 15 is 0 Å². The van der Waals surface area contributed by atoms with E-state index in [1.54, 1.807) is 18.6 Å². The molecule has 0 aromatic rings. The van der Waals surface area contributed by atoms with Crippen LogP contribution < -0.4 is 0 Å². The Hall–Kier alpha value is -1.44. The summed E-state index contributed by atoms with van der Waals surface area (Å²) in [5.41, 5.74) is 0.931. The zero-order valence-corrected chi connectivity index (χ0v) is 6.27. The third kappa shape index (κ3) is 2.76. The molecule has 0 aromatic heterocycles. The number of nitrogens with zero attached hydrogens (tertiary/aromatic N) is 2. The molecule has 2 heteroatoms. The summed E-state index contributed by atoms with van der Waals surface area (Å²) in [7, 11) is 0. The first kappa shape index (κ1) is 7.66. The Morgan fingerprint density at radius 2 is 2.18 bits per heavy atom. The molecule has 0 saturated heterocycles. The molecule has 0 radical (unpaired) electrons. The van der Waals surface area contributed by atoms with Crippen molar-refractivity contribution in [1.82, 2.24) is 0 Å². The zero-order valence-electron chi connectivity index (χ0n) is 6.27. The van der Waals surface area contributed by atoms with E-state index in [-0.39, 0.29) is 0 Å². The molecule has 0 fully saturated rings. The van der Waals surface area contributed by atoms with Crippen LogP contribution in [-0.4, -0.2) is 11.9 Å². The Bertz CT molecular complexity index is 244. The number of hydrogen-bond donors (Lipinski definition) is 0. The van der Waals surface area contributed by atoms with Gasteiger partial charge in [0.25, 0.3) is 0 Å². The highest BCUT2D eigenvalue weighted by molar-refractivity contribution is 6.31. The average Bonchev–Trinajstić information content (AvgIpc) is 1.94. The standard InChI is InChI=1S/C9H10N2/c1-2-5-9-8-10-6-3-4-7-11-9/h2-4,6-8H,1,5H2/b4-3?,6-3-,7-4-,9-8?,10-6?,10-8?,11-7?,11-9?. The lowest BCUT2D eigenvalue weighted by atomic mass is 10.3. The van der Waals surface area contributed by atoms with Crippen LogP contribution in [0.1, 0.15) is 6.42 Å². The van der Waals surface area contributed by atoms with E-state index in [2.05, 4.69) is 16.6 Å². The van der Waals surface area contributed by atoms with Gasteiger partial charge < -0.3 is 0 Å². The summed E-state index contributed by atoms with van der Waals surface area (Å²) in [6, 6.07) is 0. The second kappa shape index (κ2) is 4.39. The lowest BCUT2D eigenvalue weighted by Gasteiger charge is -1.93. The van der Waals surface area contributed by atoms with Gasteiger partial charge in [0.05, 0.1) is 5.71 Å². The number of hydrogen-bond acceptors (Lipinski definition) is 2. The molecule has 1 aliphatic rings. The van der Waals surface area contributed by atoms with Crippen LogP contribution in [0.25, 0.3) is 0 Å². The van der Waals surface area contributed by atoms with Crippen LogP contribution in [0.4, 0.5) is 0 Å². The first-order valence-corrected chi connectivity index (χ1v) is 3.46. The molecule has 2 nitrogen and oxygen atoms in total. The van der Waals surface area contributed by atoms with Gasteiger partial charge in [-0.15, -0.1) is 6.58 Å². The summed E-state index contributed by atoms with van der Waals surface area (Å²) in [6.07, 6.45) is 11.5. The third-order valence-corrected chi connectivity index (χ3v) is 1.19. The van der Waals surface area contributed by atoms with E-state index in [9.17, 15) is 0 Å². The monoisotopic (exact) mass is 146 g/mol. The predicted octanol–water partition coefficient (Wildman–Crippen LogP) is 2.12. The van der Waals surface area contributed by atoms with Gasteiger partial charge in [-0.05, 0) is 12.2 Å². The number of allylic oxidation sites excluding steroid dienone is 3. The quantitative estimate of drug-likeness (QED) is 0.533. The van der Waals surface area contributed by atoms with Crippen molar-refractivity contribution in [3.63, 3.8) is 0 Å². The van der Waals surface area contributed by atoms with Crippen molar-refractivity contribution in [3.8, 4) is 0 Å². The molecule has 0 aromatic carbocycles. The lowest BCUT2D eigenvalue weighted by molar-refractivity contribution is 1.43. The lowest BCUT2D eigenvalue weighted by Crippen LogP contribution is -1.96. The second-order valence-corrected chi connectivity index (χ2v) is 2.07. The van der Waals surface area contributed by atoms with Crippen LogP contribution in [0.5, 0.6) is 0 Å². The molecule has 11 heavy (non-hydrogen) atoms. The largest absolute Gasteiger partial charge is 0.263 e. The molecule has 0 unspecified atom stereocenters. The molecule has 1 aliphatic heterocycles. The maximum Gasteiger partial charge on any atom is 0.0623 e. The van der Waals surface area contributed by atoms with Crippen LogP contribution in [0.2, 0.25) is 0 Å². The van der Waals surface area contributed by atoms with E-state index in [4.69, 9.17) is 0 Å². The fourth-order valence-electron chi connectivity index (χ4n) is 0.704. The van der Waals surface area contributed by atoms with Crippen LogP contribution in [-0.2, 0) is 0 Å². The minimum atomic E-state index is 0.766. The average molecular weight is 146 g/mol. The van der Waals surface area contributed by atoms with Gasteiger partial charge in [-0.1, -0.05) is 6.08 Å². The molecule has 0 aliphatic carbocycles. The van der Waals surface area contributed by atoms with Gasteiger partial charge >= 0.3 is 0 Å². The Morgan fingerprint density at radius 3 is 3.00 bits per heavy atom. The Morgan fingerprint density at radius 1 is 1.36 bits per heavy atom. The fraction of sp³-hybridized carbons (Fsp3) is 0.111. The molecule has 1 heterocycles. The van der Waals surface area contributed by atoms with Crippen molar-refractivity contribution in [1.29, 1.82) is 0 Å². The van der Waals surface area contributed by atoms with Gasteiger partial charge in [-0.3, -0.25) is 9.98 Å². The van der Waals surface area contributed by atoms with Crippen molar-refractivity contribution in [3.05, 3.63) is 37.2 Å². The molecule has 56 valence electrons. The van der Waals surface area contributed by atoms with Crippen LogP contribution in [0.15, 0.2) is 47.2 Å². The van der Waals surface area contributed by atoms with Crippen molar-refractivity contribution in [2.45, 2.75) is 6.42 Å². The van der Waals surface area contributed by atoms with Crippen molar-refractivity contribution in [2.75, 3.05) is 0 Å². The van der Waals surface area contributed by atoms with E-state index in [1.807, 2.05) is 18.2 Å². The molecular formula is C9H10N2. The van der Waals surface area contributed by atoms with E-state index in [0.29, 0.717) is 0 Å². The highest BCUT2D eigenvalue weighted by Crippen LogP contribution is 1.91. The van der Waals surface area contributed by atoms with E-state index < -0.39 is 0 Å². The van der Waals surface area contributed by atoms with Gasteiger partial charge in [-0.2, -0.15) is 0 Å². The number of aliphatic imine (C=N–C) groups is 2. The molecule has 1 rings (SSSR count). The first-order chi connectivity index (χ1) is 5.43. The molecular weight excluding hydrogens is 136 g/mol. The highest BCUT2D eigenvalue weighted by Gasteiger charge is 1.89. The van der Waals surface area contributed by atoms with E-state index in [0.717, 1.165) is 12.1 Å². The van der Waals surface area contributed by atoms with Crippen molar-refractivity contribution >= 4 is 11.9 Å². The second-order valence-electron chi connectivity index (χ2n) is 2.07. The van der Waals surface area contributed by atoms with Crippen molar-refractivity contribution < 1.29 is 0 Å². The fourth-order valence-corrected chi connectivity index (χ4v) is 0.704. The predicted molar refractivity (Wildman–Crippen MR) is 49.0 cm³/mol. The van der Waals surface area contributed by atoms with Gasteiger partial charge in [0.15, 0.2) is 0 Å². The van der Waals surface area contributed by atoms with Crippen molar-refractivity contribution in [2.24, 2.45) is 9.98 Å². The van der Waals surface area contributed by atoms with Crippen LogP contribution in [0, 0.1) is 0 Å². The van der Waals surface area contributed by atoms with Gasteiger partial charge in [0.1, 0.15) is 0 Å². The molecule has 0 saturated carbocycles. The van der Waals surface area contributed by atoms with E-state index in [1.165, 1.54) is 0 Å². The van der Waals surface area contributed by atoms with Gasteiger partial charge in [0.2, 0.25) is 0 Å². The molecule has 0 atom stereocenters. The highest BCUT2D eigenvalue weighted by atomic mass is 14.8. The Kier molecular flexibility index (Phi) is 3.06. The SMILES string of the molecule is C=CCC1=N/C=C\C=C/N=C1. The minimum absolute atomic E-state index is 0.766. The first-order valence-electron chi connectivity index (χ1n) is 3.46. The normalized spacial score (nSPS) is 21.3. The van der Waals surface area contributed by atoms with Gasteiger partial charge in [-0.25, -0.2) is 0 Å². The Labute approximate surface area is 66.4 Å². The summed E-state index contributed by atoms with van der Waals surface area (Å²) in [4.78, 5) is 8.13. The smallest absolute Gasteiger partial charge is 0.0623 e. The minimum Gasteiger partial charge on any atom is -0.263 e. The number of rotatable bonds is 2. The van der Waals surface area contributed by atoms with Crippen LogP contribution in [0.3, 0.4) is 0 Å². The summed E-state index contributed by atoms with van der Waals surface area (Å²) < 4.78 is 0. The molecule has 0 N–H and O–H groups in total.